The molecular weight excluding hydrogens is 190 g/mol. The molecule has 0 aromatic rings. The quantitative estimate of drug-likeness (QED) is 0.662. The molecule has 0 aromatic carbocycles. The smallest absolute Gasteiger partial charge is 0.264 e. The molecule has 0 rings (SSSR count). The van der Waals surface area contributed by atoms with E-state index in [1.165, 1.54) is 0 Å². The van der Waals surface area contributed by atoms with E-state index >= 15 is 0 Å². The fraction of sp³-hybridized carbons (Fsp3) is 1.00. The van der Waals surface area contributed by atoms with Gasteiger partial charge in [0.25, 0.3) is 10.1 Å². The highest BCUT2D eigenvalue weighted by molar-refractivity contribution is 7.86. The van der Waals surface area contributed by atoms with Crippen LogP contribution in [0, 0.1) is 0 Å². The molecule has 6 heteroatoms. The average Bonchev–Trinajstić information content (AvgIpc) is 1.60. The minimum absolute atomic E-state index is 0. The molecule has 0 unspecified atom stereocenters. The third-order valence-electron chi connectivity index (χ3n) is 0.869. The molecule has 0 radical (unpaired) electrons. The van der Waals surface area contributed by atoms with Crippen molar-refractivity contribution in [2.45, 2.75) is 19.4 Å². The van der Waals surface area contributed by atoms with Gasteiger partial charge in [-0.3, -0.25) is 4.18 Å². The van der Waals surface area contributed by atoms with Gasteiger partial charge in [0.2, 0.25) is 0 Å². The predicted octanol–water partition coefficient (Wildman–Crippen LogP) is 0.122. The number of nitrogens with two attached hydrogens (primary N) is 1. The second-order valence-electron chi connectivity index (χ2n) is 2.75. The summed E-state index contributed by atoms with van der Waals surface area (Å²) >= 11 is 0. The standard InChI is InChI=1S/C5H13NO3S.ClH/c1-5(2,4-6)9-10(3,7)8;/h4,6H2,1-3H3;1H. The van der Waals surface area contributed by atoms with Crippen LogP contribution >= 0.6 is 12.4 Å². The summed E-state index contributed by atoms with van der Waals surface area (Å²) in [4.78, 5) is 0. The fourth-order valence-electron chi connectivity index (χ4n) is 0.444. The Morgan fingerprint density at radius 1 is 1.45 bits per heavy atom. The van der Waals surface area contributed by atoms with Crippen LogP contribution in [0.3, 0.4) is 0 Å². The van der Waals surface area contributed by atoms with Crippen molar-refractivity contribution in [2.24, 2.45) is 5.73 Å². The summed E-state index contributed by atoms with van der Waals surface area (Å²) in [5.74, 6) is 0. The molecule has 0 atom stereocenters. The molecule has 4 nitrogen and oxygen atoms in total. The van der Waals surface area contributed by atoms with Crippen molar-refractivity contribution < 1.29 is 12.6 Å². The van der Waals surface area contributed by atoms with Crippen LogP contribution in [0.2, 0.25) is 0 Å². The largest absolute Gasteiger partial charge is 0.328 e. The van der Waals surface area contributed by atoms with Crippen LogP contribution in [-0.4, -0.2) is 26.8 Å². The number of halogens is 1. The van der Waals surface area contributed by atoms with Gasteiger partial charge in [0.1, 0.15) is 0 Å². The van der Waals surface area contributed by atoms with E-state index in [0.717, 1.165) is 6.26 Å². The second-order valence-corrected chi connectivity index (χ2v) is 4.33. The molecule has 0 bridgehead atoms. The van der Waals surface area contributed by atoms with Gasteiger partial charge in [-0.05, 0) is 13.8 Å². The van der Waals surface area contributed by atoms with Gasteiger partial charge in [-0.1, -0.05) is 0 Å². The summed E-state index contributed by atoms with van der Waals surface area (Å²) in [5.41, 5.74) is 4.44. The number of rotatable bonds is 3. The molecule has 2 N–H and O–H groups in total. The van der Waals surface area contributed by atoms with E-state index in [1.807, 2.05) is 0 Å². The highest BCUT2D eigenvalue weighted by Crippen LogP contribution is 2.09. The maximum atomic E-state index is 10.5. The molecule has 70 valence electrons. The van der Waals surface area contributed by atoms with E-state index in [0.29, 0.717) is 0 Å². The van der Waals surface area contributed by atoms with Crippen molar-refractivity contribution in [3.05, 3.63) is 0 Å². The summed E-state index contributed by atoms with van der Waals surface area (Å²) in [5, 5.41) is 0. The van der Waals surface area contributed by atoms with Gasteiger partial charge >= 0.3 is 0 Å². The Hall–Kier alpha value is 0.160. The summed E-state index contributed by atoms with van der Waals surface area (Å²) in [7, 11) is -3.37. The third kappa shape index (κ3) is 8.06. The maximum Gasteiger partial charge on any atom is 0.264 e. The van der Waals surface area contributed by atoms with E-state index in [4.69, 9.17) is 5.73 Å². The van der Waals surface area contributed by atoms with E-state index in [9.17, 15) is 8.42 Å². The predicted molar refractivity (Wildman–Crippen MR) is 46.3 cm³/mol. The van der Waals surface area contributed by atoms with Gasteiger partial charge in [0.05, 0.1) is 11.9 Å². The summed E-state index contributed by atoms with van der Waals surface area (Å²) < 4.78 is 25.7. The van der Waals surface area contributed by atoms with Gasteiger partial charge in [0.15, 0.2) is 0 Å². The highest BCUT2D eigenvalue weighted by Gasteiger charge is 2.21. The number of hydrogen-bond acceptors (Lipinski definition) is 4. The average molecular weight is 204 g/mol. The first-order valence-electron chi connectivity index (χ1n) is 2.87. The third-order valence-corrected chi connectivity index (χ3v) is 1.62. The molecule has 0 aliphatic rings. The summed E-state index contributed by atoms with van der Waals surface area (Å²) in [6, 6.07) is 0. The monoisotopic (exact) mass is 203 g/mol. The molecule has 0 fully saturated rings. The van der Waals surface area contributed by atoms with Crippen molar-refractivity contribution in [2.75, 3.05) is 12.8 Å². The zero-order valence-electron chi connectivity index (χ0n) is 6.83. The van der Waals surface area contributed by atoms with Crippen molar-refractivity contribution in [3.63, 3.8) is 0 Å². The van der Waals surface area contributed by atoms with E-state index < -0.39 is 15.7 Å². The molecule has 0 aliphatic carbocycles. The highest BCUT2D eigenvalue weighted by atomic mass is 35.5. The summed E-state index contributed by atoms with van der Waals surface area (Å²) in [6.45, 7) is 3.42. The zero-order chi connectivity index (χ0) is 8.41. The summed E-state index contributed by atoms with van der Waals surface area (Å²) in [6.07, 6.45) is 1.00. The van der Waals surface area contributed by atoms with Crippen LogP contribution < -0.4 is 5.73 Å². The first-order valence-corrected chi connectivity index (χ1v) is 4.69. The van der Waals surface area contributed by atoms with Crippen molar-refractivity contribution in [3.8, 4) is 0 Å². The van der Waals surface area contributed by atoms with Crippen LogP contribution in [0.1, 0.15) is 13.8 Å². The lowest BCUT2D eigenvalue weighted by molar-refractivity contribution is 0.129. The van der Waals surface area contributed by atoms with Crippen molar-refractivity contribution in [1.29, 1.82) is 0 Å². The Balaban J connectivity index is 0. The van der Waals surface area contributed by atoms with E-state index in [1.54, 1.807) is 13.8 Å². The Labute approximate surface area is 73.6 Å². The van der Waals surface area contributed by atoms with Crippen LogP contribution in [0.25, 0.3) is 0 Å². The van der Waals surface area contributed by atoms with Crippen molar-refractivity contribution in [1.82, 2.24) is 0 Å². The molecule has 0 saturated heterocycles. The topological polar surface area (TPSA) is 69.4 Å². The Morgan fingerprint density at radius 2 is 1.82 bits per heavy atom. The van der Waals surface area contributed by atoms with E-state index in [2.05, 4.69) is 4.18 Å². The van der Waals surface area contributed by atoms with Crippen LogP contribution in [0.15, 0.2) is 0 Å². The lowest BCUT2D eigenvalue weighted by Gasteiger charge is -2.20. The lowest BCUT2D eigenvalue weighted by atomic mass is 10.1. The molecule has 0 aliphatic heterocycles. The second kappa shape index (κ2) is 4.25. The fourth-order valence-corrected chi connectivity index (χ4v) is 1.33. The first-order chi connectivity index (χ1) is 4.27. The number of hydrogen-bond donors (Lipinski definition) is 1. The molecular formula is C5H14ClNO3S. The van der Waals surface area contributed by atoms with Gasteiger partial charge in [-0.2, -0.15) is 8.42 Å². The minimum Gasteiger partial charge on any atom is -0.328 e. The molecule has 0 spiro atoms. The van der Waals surface area contributed by atoms with Gasteiger partial charge in [-0.15, -0.1) is 12.4 Å². The lowest BCUT2D eigenvalue weighted by Crippen LogP contribution is -2.35. The van der Waals surface area contributed by atoms with Gasteiger partial charge in [-0.25, -0.2) is 0 Å². The SMILES string of the molecule is CC(C)(CN)OS(C)(=O)=O.Cl. The van der Waals surface area contributed by atoms with E-state index in [-0.39, 0.29) is 19.0 Å². The van der Waals surface area contributed by atoms with Gasteiger partial charge < -0.3 is 5.73 Å². The van der Waals surface area contributed by atoms with Crippen molar-refractivity contribution >= 4 is 22.5 Å². The molecule has 11 heavy (non-hydrogen) atoms. The zero-order valence-corrected chi connectivity index (χ0v) is 8.46. The van der Waals surface area contributed by atoms with Crippen LogP contribution in [-0.2, 0) is 14.3 Å². The normalized spacial score (nSPS) is 12.4. The Bertz CT molecular complexity index is 200. The minimum atomic E-state index is -3.37. The van der Waals surface area contributed by atoms with Crippen LogP contribution in [0.5, 0.6) is 0 Å². The first kappa shape index (κ1) is 13.7. The Morgan fingerprint density at radius 3 is 1.91 bits per heavy atom. The molecule has 0 heterocycles. The van der Waals surface area contributed by atoms with Gasteiger partial charge in [0, 0.05) is 6.54 Å². The molecule has 0 amide bonds. The molecule has 0 aromatic heterocycles. The molecule has 0 saturated carbocycles. The van der Waals surface area contributed by atoms with Crippen LogP contribution in [0.4, 0.5) is 0 Å². The maximum absolute atomic E-state index is 10.5. The Kier molecular flexibility index (Phi) is 5.31.